The van der Waals surface area contributed by atoms with Crippen molar-refractivity contribution in [2.24, 2.45) is 0 Å². The Morgan fingerprint density at radius 3 is 2.24 bits per heavy atom. The van der Waals surface area contributed by atoms with E-state index >= 15 is 0 Å². The summed E-state index contributed by atoms with van der Waals surface area (Å²) in [7, 11) is 0. The first-order valence-corrected chi connectivity index (χ1v) is 5.39. The lowest BCUT2D eigenvalue weighted by molar-refractivity contribution is 0.0695. The summed E-state index contributed by atoms with van der Waals surface area (Å²) in [5.41, 5.74) is 2.77. The maximum absolute atomic E-state index is 11.3. The Bertz CT molecular complexity index is 627. The van der Waals surface area contributed by atoms with Gasteiger partial charge < -0.3 is 10.2 Å². The number of carboxylic acids is 1. The van der Waals surface area contributed by atoms with Crippen LogP contribution in [-0.2, 0) is 0 Å². The van der Waals surface area contributed by atoms with Gasteiger partial charge in [0.25, 0.3) is 0 Å². The minimum atomic E-state index is -0.905. The fourth-order valence-electron chi connectivity index (χ4n) is 2.30. The molecule has 0 amide bonds. The molecule has 0 atom stereocenters. The predicted octanol–water partition coefficient (Wildman–Crippen LogP) is 3.17. The molecule has 0 spiro atoms. The first-order chi connectivity index (χ1) is 7.93. The number of hydrogen-bond donors (Lipinski definition) is 2. The molecule has 2 aromatic rings. The first kappa shape index (κ1) is 11.5. The van der Waals surface area contributed by atoms with Crippen molar-refractivity contribution in [1.29, 1.82) is 0 Å². The maximum atomic E-state index is 11.3. The molecular formula is C14H14O3. The van der Waals surface area contributed by atoms with Crippen LogP contribution in [0.25, 0.3) is 10.8 Å². The third-order valence-corrected chi connectivity index (χ3v) is 3.34. The average Bonchev–Trinajstić information content (AvgIpc) is 2.25. The van der Waals surface area contributed by atoms with Crippen LogP contribution in [0.15, 0.2) is 18.2 Å². The molecule has 0 radical (unpaired) electrons. The maximum Gasteiger partial charge on any atom is 0.336 e. The van der Waals surface area contributed by atoms with Crippen molar-refractivity contribution in [1.82, 2.24) is 0 Å². The number of phenolic OH excluding ortho intramolecular Hbond substituents is 1. The van der Waals surface area contributed by atoms with Crippen molar-refractivity contribution in [3.05, 3.63) is 40.5 Å². The molecule has 0 saturated heterocycles. The highest BCUT2D eigenvalue weighted by Gasteiger charge is 2.16. The number of aromatic carboxylic acids is 1. The molecule has 0 saturated carbocycles. The highest BCUT2D eigenvalue weighted by Crippen LogP contribution is 2.31. The van der Waals surface area contributed by atoms with Gasteiger partial charge >= 0.3 is 5.97 Å². The summed E-state index contributed by atoms with van der Waals surface area (Å²) in [5.74, 6) is -0.708. The van der Waals surface area contributed by atoms with Crippen molar-refractivity contribution in [3.8, 4) is 5.75 Å². The van der Waals surface area contributed by atoms with E-state index in [0.29, 0.717) is 5.56 Å². The van der Waals surface area contributed by atoms with Gasteiger partial charge in [-0.3, -0.25) is 0 Å². The van der Waals surface area contributed by atoms with Crippen molar-refractivity contribution >= 4 is 16.7 Å². The van der Waals surface area contributed by atoms with Gasteiger partial charge in [-0.15, -0.1) is 0 Å². The first-order valence-electron chi connectivity index (χ1n) is 5.39. The predicted molar refractivity (Wildman–Crippen MR) is 66.8 cm³/mol. The van der Waals surface area contributed by atoms with E-state index in [-0.39, 0.29) is 5.75 Å². The second kappa shape index (κ2) is 3.77. The number of benzene rings is 2. The summed E-state index contributed by atoms with van der Waals surface area (Å²) < 4.78 is 0. The molecule has 0 aliphatic rings. The summed E-state index contributed by atoms with van der Waals surface area (Å²) in [4.78, 5) is 11.3. The molecule has 2 N–H and O–H groups in total. The lowest BCUT2D eigenvalue weighted by Gasteiger charge is -2.14. The standard InChI is InChI=1S/C14H14O3/c1-7-8(2)13(14(16)17)9(3)11-5-4-10(15)6-12(7)11/h4-6,15H,1-3H3,(H,16,17). The van der Waals surface area contributed by atoms with Gasteiger partial charge in [-0.2, -0.15) is 0 Å². The van der Waals surface area contributed by atoms with Gasteiger partial charge in [0.15, 0.2) is 0 Å². The van der Waals surface area contributed by atoms with E-state index in [2.05, 4.69) is 0 Å². The number of aromatic hydroxyl groups is 1. The summed E-state index contributed by atoms with van der Waals surface area (Å²) in [6.45, 7) is 5.48. The fraction of sp³-hybridized carbons (Fsp3) is 0.214. The van der Waals surface area contributed by atoms with Crippen LogP contribution in [0.1, 0.15) is 27.0 Å². The van der Waals surface area contributed by atoms with Crippen molar-refractivity contribution in [3.63, 3.8) is 0 Å². The van der Waals surface area contributed by atoms with Gasteiger partial charge in [-0.25, -0.2) is 4.79 Å². The van der Waals surface area contributed by atoms with E-state index in [9.17, 15) is 15.0 Å². The monoisotopic (exact) mass is 230 g/mol. The van der Waals surface area contributed by atoms with Crippen LogP contribution >= 0.6 is 0 Å². The number of aryl methyl sites for hydroxylation is 2. The van der Waals surface area contributed by atoms with Crippen LogP contribution < -0.4 is 0 Å². The van der Waals surface area contributed by atoms with Crippen LogP contribution in [0.2, 0.25) is 0 Å². The Labute approximate surface area is 99.3 Å². The zero-order chi connectivity index (χ0) is 12.7. The molecule has 3 nitrogen and oxygen atoms in total. The third-order valence-electron chi connectivity index (χ3n) is 3.34. The van der Waals surface area contributed by atoms with Crippen molar-refractivity contribution in [2.45, 2.75) is 20.8 Å². The molecule has 0 aliphatic heterocycles. The van der Waals surface area contributed by atoms with Crippen LogP contribution in [0.3, 0.4) is 0 Å². The minimum Gasteiger partial charge on any atom is -0.508 e. The van der Waals surface area contributed by atoms with E-state index in [1.165, 1.54) is 0 Å². The highest BCUT2D eigenvalue weighted by atomic mass is 16.4. The molecule has 3 heteroatoms. The van der Waals surface area contributed by atoms with Gasteiger partial charge in [0.2, 0.25) is 0 Å². The number of carboxylic acid groups (broad SMARTS) is 1. The summed E-state index contributed by atoms with van der Waals surface area (Å²) in [6.07, 6.45) is 0. The SMILES string of the molecule is Cc1c(C(=O)O)c(C)c2ccc(O)cc2c1C. The van der Waals surface area contributed by atoms with Gasteiger partial charge in [-0.1, -0.05) is 6.07 Å². The quantitative estimate of drug-likeness (QED) is 0.791. The van der Waals surface area contributed by atoms with Crippen LogP contribution in [0, 0.1) is 20.8 Å². The van der Waals surface area contributed by atoms with Crippen LogP contribution in [0.4, 0.5) is 0 Å². The molecule has 17 heavy (non-hydrogen) atoms. The summed E-state index contributed by atoms with van der Waals surface area (Å²) >= 11 is 0. The molecule has 0 heterocycles. The van der Waals surface area contributed by atoms with Crippen LogP contribution in [0.5, 0.6) is 5.75 Å². The second-order valence-electron chi connectivity index (χ2n) is 4.29. The molecule has 2 aromatic carbocycles. The molecule has 0 bridgehead atoms. The molecule has 0 unspecified atom stereocenters. The summed E-state index contributed by atoms with van der Waals surface area (Å²) in [5, 5.41) is 20.5. The Kier molecular flexibility index (Phi) is 2.54. The number of fused-ring (bicyclic) bond motifs is 1. The number of rotatable bonds is 1. The smallest absolute Gasteiger partial charge is 0.336 e. The topological polar surface area (TPSA) is 57.5 Å². The molecular weight excluding hydrogens is 216 g/mol. The molecule has 0 aliphatic carbocycles. The number of hydrogen-bond acceptors (Lipinski definition) is 2. The largest absolute Gasteiger partial charge is 0.508 e. The minimum absolute atomic E-state index is 0.197. The van der Waals surface area contributed by atoms with Gasteiger partial charge in [0, 0.05) is 0 Å². The Morgan fingerprint density at radius 2 is 1.65 bits per heavy atom. The fourth-order valence-corrected chi connectivity index (χ4v) is 2.30. The lowest BCUT2D eigenvalue weighted by Crippen LogP contribution is -2.05. The van der Waals surface area contributed by atoms with Crippen molar-refractivity contribution < 1.29 is 15.0 Å². The molecule has 0 aromatic heterocycles. The van der Waals surface area contributed by atoms with Crippen molar-refractivity contribution in [2.75, 3.05) is 0 Å². The molecule has 2 rings (SSSR count). The third kappa shape index (κ3) is 1.64. The summed E-state index contributed by atoms with van der Waals surface area (Å²) in [6, 6.07) is 5.02. The lowest BCUT2D eigenvalue weighted by atomic mass is 9.91. The molecule has 0 fully saturated rings. The highest BCUT2D eigenvalue weighted by molar-refractivity contribution is 6.01. The van der Waals surface area contributed by atoms with E-state index in [1.807, 2.05) is 6.92 Å². The Morgan fingerprint density at radius 1 is 1.00 bits per heavy atom. The van der Waals surface area contributed by atoms with Crippen LogP contribution in [-0.4, -0.2) is 16.2 Å². The second-order valence-corrected chi connectivity index (χ2v) is 4.29. The Hall–Kier alpha value is -2.03. The van der Waals surface area contributed by atoms with E-state index in [0.717, 1.165) is 27.5 Å². The zero-order valence-corrected chi connectivity index (χ0v) is 10.0. The zero-order valence-electron chi connectivity index (χ0n) is 10.0. The molecule has 88 valence electrons. The van der Waals surface area contributed by atoms with E-state index < -0.39 is 5.97 Å². The number of carbonyl (C=O) groups is 1. The van der Waals surface area contributed by atoms with Gasteiger partial charge in [-0.05, 0) is 60.4 Å². The average molecular weight is 230 g/mol. The van der Waals surface area contributed by atoms with E-state index in [1.54, 1.807) is 32.0 Å². The van der Waals surface area contributed by atoms with Gasteiger partial charge in [0.1, 0.15) is 5.75 Å². The normalized spacial score (nSPS) is 10.8. The number of phenols is 1. The van der Waals surface area contributed by atoms with Gasteiger partial charge in [0.05, 0.1) is 5.56 Å². The Balaban J connectivity index is 3.00. The van der Waals surface area contributed by atoms with E-state index in [4.69, 9.17) is 0 Å².